The molecule has 2 aromatic carbocycles. The van der Waals surface area contributed by atoms with E-state index >= 15 is 0 Å². The van der Waals surface area contributed by atoms with E-state index in [4.69, 9.17) is 9.90 Å². The molecule has 2 heteroatoms. The summed E-state index contributed by atoms with van der Waals surface area (Å²) < 4.78 is 0. The van der Waals surface area contributed by atoms with Crippen LogP contribution in [0.3, 0.4) is 0 Å². The summed E-state index contributed by atoms with van der Waals surface area (Å²) in [4.78, 5) is 8.00. The first-order chi connectivity index (χ1) is 10.2. The maximum absolute atomic E-state index is 8.98. The lowest BCUT2D eigenvalue weighted by Crippen LogP contribution is -1.87. The standard InChI is InChI=1S/C18H18O.CH2O/c1-3-18-11-10-16(12-14(18)2)7-4-15-5-8-17(13-19)9-6-15;1-2/h5-6,8-12,19H,3,13H2,1-2H3;1H2. The molecule has 0 radical (unpaired) electrons. The Kier molecular flexibility index (Phi) is 6.94. The van der Waals surface area contributed by atoms with Gasteiger partial charge in [0.15, 0.2) is 0 Å². The molecule has 0 saturated carbocycles. The maximum Gasteiger partial charge on any atom is 0.106 e. The third-order valence-corrected chi connectivity index (χ3v) is 3.21. The second-order valence-electron chi connectivity index (χ2n) is 4.60. The summed E-state index contributed by atoms with van der Waals surface area (Å²) in [5, 5.41) is 8.98. The minimum atomic E-state index is 0.0748. The van der Waals surface area contributed by atoms with Crippen molar-refractivity contribution < 1.29 is 9.90 Å². The Balaban J connectivity index is 0.00000106. The molecule has 2 rings (SSSR count). The van der Waals surface area contributed by atoms with Crippen LogP contribution in [-0.4, -0.2) is 11.9 Å². The SMILES string of the molecule is C=O.CCc1ccc(C#Cc2ccc(CO)cc2)cc1C. The fourth-order valence-corrected chi connectivity index (χ4v) is 2.01. The number of carbonyl (C=O) groups excluding carboxylic acids is 1. The van der Waals surface area contributed by atoms with Crippen LogP contribution in [0.1, 0.15) is 34.7 Å². The Morgan fingerprint density at radius 1 is 1.00 bits per heavy atom. The van der Waals surface area contributed by atoms with Crippen LogP contribution in [0.5, 0.6) is 0 Å². The van der Waals surface area contributed by atoms with Gasteiger partial charge in [0.25, 0.3) is 0 Å². The highest BCUT2D eigenvalue weighted by molar-refractivity contribution is 5.45. The summed E-state index contributed by atoms with van der Waals surface area (Å²) in [7, 11) is 0. The van der Waals surface area contributed by atoms with E-state index in [2.05, 4.69) is 43.9 Å². The highest BCUT2D eigenvalue weighted by Gasteiger charge is 1.96. The number of hydrogen-bond acceptors (Lipinski definition) is 2. The molecule has 1 N–H and O–H groups in total. The highest BCUT2D eigenvalue weighted by Crippen LogP contribution is 2.11. The van der Waals surface area contributed by atoms with E-state index in [0.29, 0.717) is 0 Å². The van der Waals surface area contributed by atoms with E-state index < -0.39 is 0 Å². The first kappa shape index (κ1) is 16.7. The first-order valence-corrected chi connectivity index (χ1v) is 6.83. The molecule has 0 spiro atoms. The van der Waals surface area contributed by atoms with Gasteiger partial charge in [-0.2, -0.15) is 0 Å². The molecule has 2 nitrogen and oxygen atoms in total. The lowest BCUT2D eigenvalue weighted by molar-refractivity contribution is -0.0979. The molecule has 0 amide bonds. The lowest BCUT2D eigenvalue weighted by Gasteiger charge is -2.02. The van der Waals surface area contributed by atoms with E-state index in [1.54, 1.807) is 0 Å². The van der Waals surface area contributed by atoms with E-state index in [9.17, 15) is 0 Å². The Bertz CT molecular complexity index is 631. The van der Waals surface area contributed by atoms with Crippen LogP contribution in [-0.2, 0) is 17.8 Å². The highest BCUT2D eigenvalue weighted by atomic mass is 16.3. The van der Waals surface area contributed by atoms with Crippen molar-refractivity contribution in [2.75, 3.05) is 0 Å². The van der Waals surface area contributed by atoms with Gasteiger partial charge in [0, 0.05) is 11.1 Å². The Morgan fingerprint density at radius 3 is 2.10 bits per heavy atom. The second-order valence-corrected chi connectivity index (χ2v) is 4.60. The summed E-state index contributed by atoms with van der Waals surface area (Å²) in [6, 6.07) is 14.0. The third kappa shape index (κ3) is 4.91. The second kappa shape index (κ2) is 8.73. The fourth-order valence-electron chi connectivity index (χ4n) is 2.01. The van der Waals surface area contributed by atoms with E-state index in [1.807, 2.05) is 31.1 Å². The zero-order chi connectivity index (χ0) is 15.7. The molecule has 0 bridgehead atoms. The van der Waals surface area contributed by atoms with Gasteiger partial charge in [-0.25, -0.2) is 0 Å². The first-order valence-electron chi connectivity index (χ1n) is 6.83. The number of hydrogen-bond donors (Lipinski definition) is 1. The maximum atomic E-state index is 8.98. The average molecular weight is 280 g/mol. The number of aliphatic hydroxyl groups excluding tert-OH is 1. The predicted octanol–water partition coefficient (Wildman–Crippen LogP) is 3.26. The summed E-state index contributed by atoms with van der Waals surface area (Å²) in [5.74, 6) is 6.32. The molecule has 108 valence electrons. The minimum absolute atomic E-state index is 0.0748. The molecule has 0 saturated heterocycles. The predicted molar refractivity (Wildman–Crippen MR) is 86.0 cm³/mol. The van der Waals surface area contributed by atoms with Crippen molar-refractivity contribution in [1.82, 2.24) is 0 Å². The number of aryl methyl sites for hydroxylation is 2. The van der Waals surface area contributed by atoms with Crippen LogP contribution in [0.25, 0.3) is 0 Å². The number of carbonyl (C=O) groups is 1. The van der Waals surface area contributed by atoms with Crippen molar-refractivity contribution in [2.45, 2.75) is 26.9 Å². The molecule has 0 unspecified atom stereocenters. The van der Waals surface area contributed by atoms with Crippen LogP contribution in [0.4, 0.5) is 0 Å². The zero-order valence-electron chi connectivity index (χ0n) is 12.5. The molecule has 21 heavy (non-hydrogen) atoms. The van der Waals surface area contributed by atoms with Gasteiger partial charge in [-0.3, -0.25) is 0 Å². The average Bonchev–Trinajstić information content (AvgIpc) is 2.55. The quantitative estimate of drug-likeness (QED) is 0.857. The Labute approximate surface area is 126 Å². The number of aliphatic hydroxyl groups is 1. The van der Waals surface area contributed by atoms with Gasteiger partial charge < -0.3 is 9.90 Å². The Morgan fingerprint density at radius 2 is 1.57 bits per heavy atom. The van der Waals surface area contributed by atoms with Gasteiger partial charge in [-0.05, 0) is 54.3 Å². The summed E-state index contributed by atoms with van der Waals surface area (Å²) >= 11 is 0. The van der Waals surface area contributed by atoms with Gasteiger partial charge in [-0.15, -0.1) is 0 Å². The summed E-state index contributed by atoms with van der Waals surface area (Å²) in [5.41, 5.74) is 5.59. The lowest BCUT2D eigenvalue weighted by atomic mass is 10.0. The van der Waals surface area contributed by atoms with Crippen molar-refractivity contribution in [3.63, 3.8) is 0 Å². The number of benzene rings is 2. The van der Waals surface area contributed by atoms with Gasteiger partial charge in [0.2, 0.25) is 0 Å². The fraction of sp³-hybridized carbons (Fsp3) is 0.211. The monoisotopic (exact) mass is 280 g/mol. The van der Waals surface area contributed by atoms with Crippen LogP contribution in [0.2, 0.25) is 0 Å². The van der Waals surface area contributed by atoms with E-state index in [1.165, 1.54) is 11.1 Å². The summed E-state index contributed by atoms with van der Waals surface area (Å²) in [6.45, 7) is 6.36. The van der Waals surface area contributed by atoms with Crippen molar-refractivity contribution in [1.29, 1.82) is 0 Å². The van der Waals surface area contributed by atoms with Crippen LogP contribution < -0.4 is 0 Å². The van der Waals surface area contributed by atoms with Crippen molar-refractivity contribution in [3.05, 3.63) is 70.3 Å². The van der Waals surface area contributed by atoms with E-state index in [0.717, 1.165) is 23.1 Å². The zero-order valence-corrected chi connectivity index (χ0v) is 12.5. The molecule has 0 aromatic heterocycles. The topological polar surface area (TPSA) is 37.3 Å². The van der Waals surface area contributed by atoms with Crippen molar-refractivity contribution >= 4 is 6.79 Å². The molecule has 2 aromatic rings. The van der Waals surface area contributed by atoms with Gasteiger partial charge in [0.1, 0.15) is 6.79 Å². The Hall–Kier alpha value is -2.37. The third-order valence-electron chi connectivity index (χ3n) is 3.21. The molecule has 0 fully saturated rings. The molecule has 0 aliphatic heterocycles. The normalized spacial score (nSPS) is 9.10. The van der Waals surface area contributed by atoms with Crippen molar-refractivity contribution in [3.8, 4) is 11.8 Å². The van der Waals surface area contributed by atoms with Crippen LogP contribution >= 0.6 is 0 Å². The molecule has 0 aliphatic carbocycles. The van der Waals surface area contributed by atoms with Gasteiger partial charge in [-0.1, -0.05) is 37.0 Å². The smallest absolute Gasteiger partial charge is 0.106 e. The number of rotatable bonds is 2. The van der Waals surface area contributed by atoms with Crippen molar-refractivity contribution in [2.24, 2.45) is 0 Å². The molecule has 0 heterocycles. The minimum Gasteiger partial charge on any atom is -0.392 e. The summed E-state index contributed by atoms with van der Waals surface area (Å²) in [6.07, 6.45) is 1.06. The largest absolute Gasteiger partial charge is 0.392 e. The molecular weight excluding hydrogens is 260 g/mol. The molecular formula is C19H20O2. The van der Waals surface area contributed by atoms with Crippen LogP contribution in [0.15, 0.2) is 42.5 Å². The van der Waals surface area contributed by atoms with Gasteiger partial charge >= 0.3 is 0 Å². The molecule has 0 aliphatic rings. The molecule has 0 atom stereocenters. The van der Waals surface area contributed by atoms with E-state index in [-0.39, 0.29) is 6.61 Å². The van der Waals surface area contributed by atoms with Crippen LogP contribution in [0, 0.1) is 18.8 Å². The van der Waals surface area contributed by atoms with Gasteiger partial charge in [0.05, 0.1) is 6.61 Å².